The summed E-state index contributed by atoms with van der Waals surface area (Å²) >= 11 is 0. The molecule has 0 spiro atoms. The van der Waals surface area contributed by atoms with E-state index in [1.807, 2.05) is 0 Å². The molecule has 0 radical (unpaired) electrons. The van der Waals surface area contributed by atoms with Gasteiger partial charge in [0, 0.05) is 0 Å². The average molecular weight is 205 g/mol. The molecule has 7 heteroatoms. The van der Waals surface area contributed by atoms with Crippen molar-refractivity contribution in [1.29, 1.82) is 0 Å². The third kappa shape index (κ3) is 2.33. The van der Waals surface area contributed by atoms with Crippen molar-refractivity contribution in [2.75, 3.05) is 19.7 Å². The molecule has 2 atom stereocenters. The summed E-state index contributed by atoms with van der Waals surface area (Å²) in [4.78, 5) is 22.1. The second-order valence-corrected chi connectivity index (χ2v) is 2.96. The Morgan fingerprint density at radius 1 is 1.36 bits per heavy atom. The van der Waals surface area contributed by atoms with Gasteiger partial charge in [-0.25, -0.2) is 9.59 Å². The zero-order chi connectivity index (χ0) is 10.7. The van der Waals surface area contributed by atoms with E-state index in [0.717, 1.165) is 4.90 Å². The Hall–Kier alpha value is -1.34. The van der Waals surface area contributed by atoms with Gasteiger partial charge in [0.2, 0.25) is 0 Å². The fourth-order valence-electron chi connectivity index (χ4n) is 1.23. The maximum absolute atomic E-state index is 10.6. The van der Waals surface area contributed by atoms with Crippen LogP contribution in [0.15, 0.2) is 0 Å². The maximum atomic E-state index is 10.6. The highest BCUT2D eigenvalue weighted by atomic mass is 16.5. The van der Waals surface area contributed by atoms with Crippen LogP contribution in [0.1, 0.15) is 0 Å². The summed E-state index contributed by atoms with van der Waals surface area (Å²) in [5.41, 5.74) is 0. The number of carboxylic acids is 1. The van der Waals surface area contributed by atoms with Crippen molar-refractivity contribution in [3.05, 3.63) is 0 Å². The molecule has 0 aliphatic carbocycles. The van der Waals surface area contributed by atoms with Crippen LogP contribution in [0.25, 0.3) is 0 Å². The number of aliphatic hydroxyl groups excluding tert-OH is 1. The van der Waals surface area contributed by atoms with Crippen LogP contribution in [0.4, 0.5) is 4.79 Å². The third-order valence-electron chi connectivity index (χ3n) is 1.92. The van der Waals surface area contributed by atoms with E-state index in [1.165, 1.54) is 0 Å². The Labute approximate surface area is 79.5 Å². The summed E-state index contributed by atoms with van der Waals surface area (Å²) in [5, 5.41) is 26.0. The monoisotopic (exact) mass is 205 g/mol. The lowest BCUT2D eigenvalue weighted by molar-refractivity contribution is -0.164. The minimum Gasteiger partial charge on any atom is -0.479 e. The van der Waals surface area contributed by atoms with Gasteiger partial charge in [-0.1, -0.05) is 0 Å². The molecule has 1 unspecified atom stereocenters. The van der Waals surface area contributed by atoms with Crippen molar-refractivity contribution in [3.63, 3.8) is 0 Å². The predicted octanol–water partition coefficient (Wildman–Crippen LogP) is -1.19. The first kappa shape index (κ1) is 10.7. The fourth-order valence-corrected chi connectivity index (χ4v) is 1.23. The lowest BCUT2D eigenvalue weighted by atomic mass is 10.2. The Morgan fingerprint density at radius 3 is 2.43 bits per heavy atom. The SMILES string of the molecule is O=C(O)C1CN(C(=O)O)C[C@@H](CO)O1. The Balaban J connectivity index is 2.66. The quantitative estimate of drug-likeness (QED) is 0.523. The molecule has 0 bridgehead atoms. The standard InChI is InChI=1S/C7H11NO6/c9-3-4-1-8(7(12)13)2-5(14-4)6(10)11/h4-5,9H,1-3H2,(H,10,11)(H,12,13)/t4-,5?/m0/s1. The van der Waals surface area contributed by atoms with E-state index in [-0.39, 0.29) is 13.1 Å². The number of hydrogen-bond donors (Lipinski definition) is 3. The first-order valence-electron chi connectivity index (χ1n) is 4.01. The smallest absolute Gasteiger partial charge is 0.407 e. The van der Waals surface area contributed by atoms with Gasteiger partial charge in [0.1, 0.15) is 0 Å². The Bertz CT molecular complexity index is 220. The zero-order valence-corrected chi connectivity index (χ0v) is 7.29. The zero-order valence-electron chi connectivity index (χ0n) is 7.29. The van der Waals surface area contributed by atoms with Crippen LogP contribution >= 0.6 is 0 Å². The molecule has 1 aliphatic rings. The van der Waals surface area contributed by atoms with E-state index in [4.69, 9.17) is 20.1 Å². The molecular formula is C7H11NO6. The molecule has 1 heterocycles. The second-order valence-electron chi connectivity index (χ2n) is 2.96. The summed E-state index contributed by atoms with van der Waals surface area (Å²) in [6.45, 7) is -0.607. The first-order chi connectivity index (χ1) is 6.54. The fraction of sp³-hybridized carbons (Fsp3) is 0.714. The third-order valence-corrected chi connectivity index (χ3v) is 1.92. The number of hydrogen-bond acceptors (Lipinski definition) is 4. The topological polar surface area (TPSA) is 107 Å². The minimum atomic E-state index is -1.23. The minimum absolute atomic E-state index is 0.00435. The molecule has 80 valence electrons. The lowest BCUT2D eigenvalue weighted by Gasteiger charge is -2.33. The summed E-state index contributed by atoms with van der Waals surface area (Å²) in [6.07, 6.45) is -3.17. The van der Waals surface area contributed by atoms with Crippen molar-refractivity contribution in [3.8, 4) is 0 Å². The van der Waals surface area contributed by atoms with Crippen LogP contribution in [-0.4, -0.2) is 64.2 Å². The van der Waals surface area contributed by atoms with E-state index in [2.05, 4.69) is 0 Å². The maximum Gasteiger partial charge on any atom is 0.407 e. The largest absolute Gasteiger partial charge is 0.479 e. The van der Waals surface area contributed by atoms with Gasteiger partial charge >= 0.3 is 12.1 Å². The highest BCUT2D eigenvalue weighted by molar-refractivity contribution is 5.74. The molecule has 1 rings (SSSR count). The molecule has 0 aromatic heterocycles. The van der Waals surface area contributed by atoms with Crippen LogP contribution in [0.3, 0.4) is 0 Å². The van der Waals surface area contributed by atoms with Crippen LogP contribution in [-0.2, 0) is 9.53 Å². The summed E-state index contributed by atoms with van der Waals surface area (Å²) in [6, 6.07) is 0. The van der Waals surface area contributed by atoms with Gasteiger partial charge in [-0.2, -0.15) is 0 Å². The second kappa shape index (κ2) is 4.25. The number of aliphatic carboxylic acids is 1. The normalized spacial score (nSPS) is 27.4. The molecule has 0 aromatic carbocycles. The summed E-state index contributed by atoms with van der Waals surface area (Å²) in [5.74, 6) is -1.23. The van der Waals surface area contributed by atoms with Gasteiger partial charge < -0.3 is 25.0 Å². The average Bonchev–Trinajstić information content (AvgIpc) is 2.16. The van der Waals surface area contributed by atoms with Crippen molar-refractivity contribution < 1.29 is 29.6 Å². The highest BCUT2D eigenvalue weighted by Crippen LogP contribution is 2.11. The van der Waals surface area contributed by atoms with Crippen molar-refractivity contribution in [1.82, 2.24) is 4.90 Å². The molecule has 7 nitrogen and oxygen atoms in total. The molecule has 1 amide bonds. The molecular weight excluding hydrogens is 194 g/mol. The number of morpholine rings is 1. The van der Waals surface area contributed by atoms with E-state index in [0.29, 0.717) is 0 Å². The van der Waals surface area contributed by atoms with Crippen molar-refractivity contribution >= 4 is 12.1 Å². The number of aliphatic hydroxyl groups is 1. The molecule has 1 aliphatic heterocycles. The van der Waals surface area contributed by atoms with Gasteiger partial charge in [-0.15, -0.1) is 0 Å². The number of ether oxygens (including phenoxy) is 1. The first-order valence-corrected chi connectivity index (χ1v) is 4.01. The summed E-state index contributed by atoms with van der Waals surface area (Å²) in [7, 11) is 0. The van der Waals surface area contributed by atoms with Gasteiger partial charge in [0.15, 0.2) is 6.10 Å². The van der Waals surface area contributed by atoms with Gasteiger partial charge in [-0.3, -0.25) is 0 Å². The van der Waals surface area contributed by atoms with Crippen LogP contribution in [0.5, 0.6) is 0 Å². The van der Waals surface area contributed by atoms with Crippen LogP contribution < -0.4 is 0 Å². The molecule has 1 fully saturated rings. The molecule has 14 heavy (non-hydrogen) atoms. The lowest BCUT2D eigenvalue weighted by Crippen LogP contribution is -2.53. The molecule has 3 N–H and O–H groups in total. The number of carbonyl (C=O) groups is 2. The van der Waals surface area contributed by atoms with Gasteiger partial charge in [-0.05, 0) is 0 Å². The number of nitrogens with zero attached hydrogens (tertiary/aromatic N) is 1. The van der Waals surface area contributed by atoms with Gasteiger partial charge in [0.25, 0.3) is 0 Å². The molecule has 0 saturated carbocycles. The van der Waals surface area contributed by atoms with Crippen molar-refractivity contribution in [2.45, 2.75) is 12.2 Å². The number of amides is 1. The van der Waals surface area contributed by atoms with E-state index < -0.39 is 30.9 Å². The Morgan fingerprint density at radius 2 is 2.00 bits per heavy atom. The number of carboxylic acid groups (broad SMARTS) is 2. The van der Waals surface area contributed by atoms with Crippen LogP contribution in [0, 0.1) is 0 Å². The van der Waals surface area contributed by atoms with Crippen molar-refractivity contribution in [2.24, 2.45) is 0 Å². The molecule has 0 aromatic rings. The van der Waals surface area contributed by atoms with Gasteiger partial charge in [0.05, 0.1) is 25.8 Å². The van der Waals surface area contributed by atoms with E-state index in [1.54, 1.807) is 0 Å². The van der Waals surface area contributed by atoms with Crippen LogP contribution in [0.2, 0.25) is 0 Å². The summed E-state index contributed by atoms with van der Waals surface area (Å²) < 4.78 is 4.92. The predicted molar refractivity (Wildman–Crippen MR) is 43.0 cm³/mol. The van der Waals surface area contributed by atoms with E-state index in [9.17, 15) is 9.59 Å². The van der Waals surface area contributed by atoms with E-state index >= 15 is 0 Å². The number of rotatable bonds is 2. The molecule has 1 saturated heterocycles. The highest BCUT2D eigenvalue weighted by Gasteiger charge is 2.33. The Kier molecular flexibility index (Phi) is 3.26.